The molecule has 0 amide bonds. The van der Waals surface area contributed by atoms with Gasteiger partial charge >= 0.3 is 5.97 Å². The molecule has 0 bridgehead atoms. The first-order valence-electron chi connectivity index (χ1n) is 8.95. The lowest BCUT2D eigenvalue weighted by Crippen LogP contribution is -2.03. The summed E-state index contributed by atoms with van der Waals surface area (Å²) in [6.45, 7) is 0. The SMILES string of the molecule is O=C(O)Cc1ccc(Nc2cnc3[nH]cc(C(=O)c4ccc(Cl)cc4F)c3c2)cc1. The molecule has 4 aromatic rings. The fourth-order valence-electron chi connectivity index (χ4n) is 3.13. The van der Waals surface area contributed by atoms with Crippen LogP contribution in [0, 0.1) is 5.82 Å². The van der Waals surface area contributed by atoms with Crippen molar-refractivity contribution < 1.29 is 19.1 Å². The van der Waals surface area contributed by atoms with Gasteiger partial charge in [0.15, 0.2) is 5.78 Å². The first-order chi connectivity index (χ1) is 14.4. The Hall–Kier alpha value is -3.71. The topological polar surface area (TPSA) is 95.1 Å². The smallest absolute Gasteiger partial charge is 0.307 e. The zero-order valence-corrected chi connectivity index (χ0v) is 16.2. The largest absolute Gasteiger partial charge is 0.481 e. The number of anilines is 2. The highest BCUT2D eigenvalue weighted by atomic mass is 35.5. The summed E-state index contributed by atoms with van der Waals surface area (Å²) in [4.78, 5) is 30.9. The summed E-state index contributed by atoms with van der Waals surface area (Å²) in [5.74, 6) is -2.06. The molecule has 150 valence electrons. The number of ketones is 1. The summed E-state index contributed by atoms with van der Waals surface area (Å²) in [7, 11) is 0. The van der Waals surface area contributed by atoms with Crippen LogP contribution in [0.5, 0.6) is 0 Å². The van der Waals surface area contributed by atoms with E-state index in [9.17, 15) is 14.0 Å². The molecule has 0 aliphatic carbocycles. The number of carboxylic acids is 1. The van der Waals surface area contributed by atoms with Crippen LogP contribution in [-0.4, -0.2) is 26.8 Å². The number of benzene rings is 2. The van der Waals surface area contributed by atoms with Crippen LogP contribution in [0.3, 0.4) is 0 Å². The highest BCUT2D eigenvalue weighted by molar-refractivity contribution is 6.30. The van der Waals surface area contributed by atoms with E-state index in [1.165, 1.54) is 18.3 Å². The second-order valence-corrected chi connectivity index (χ2v) is 7.10. The summed E-state index contributed by atoms with van der Waals surface area (Å²) in [5, 5.41) is 12.8. The van der Waals surface area contributed by atoms with Gasteiger partial charge in [-0.1, -0.05) is 23.7 Å². The van der Waals surface area contributed by atoms with Crippen molar-refractivity contribution in [2.24, 2.45) is 0 Å². The molecular weight excluding hydrogens is 409 g/mol. The number of aromatic amines is 1. The lowest BCUT2D eigenvalue weighted by Gasteiger charge is -2.08. The Bertz CT molecular complexity index is 1270. The van der Waals surface area contributed by atoms with Gasteiger partial charge in [0.25, 0.3) is 0 Å². The van der Waals surface area contributed by atoms with Crippen LogP contribution in [0.4, 0.5) is 15.8 Å². The van der Waals surface area contributed by atoms with E-state index in [4.69, 9.17) is 16.7 Å². The van der Waals surface area contributed by atoms with Gasteiger partial charge in [0, 0.05) is 27.9 Å². The normalized spacial score (nSPS) is 10.9. The van der Waals surface area contributed by atoms with Crippen molar-refractivity contribution >= 4 is 45.8 Å². The average molecular weight is 424 g/mol. The fraction of sp³-hybridized carbons (Fsp3) is 0.0455. The zero-order chi connectivity index (χ0) is 21.3. The fourth-order valence-corrected chi connectivity index (χ4v) is 3.28. The molecule has 0 saturated carbocycles. The minimum Gasteiger partial charge on any atom is -0.481 e. The predicted octanol–water partition coefficient (Wildman–Crippen LogP) is 4.96. The Balaban J connectivity index is 1.63. The highest BCUT2D eigenvalue weighted by Gasteiger charge is 2.19. The minimum atomic E-state index is -0.896. The monoisotopic (exact) mass is 423 g/mol. The second-order valence-electron chi connectivity index (χ2n) is 6.67. The van der Waals surface area contributed by atoms with Crippen molar-refractivity contribution in [2.75, 3.05) is 5.32 Å². The van der Waals surface area contributed by atoms with E-state index in [0.717, 1.165) is 11.8 Å². The molecule has 4 rings (SSSR count). The Morgan fingerprint density at radius 3 is 2.53 bits per heavy atom. The van der Waals surface area contributed by atoms with E-state index in [1.54, 1.807) is 36.5 Å². The van der Waals surface area contributed by atoms with E-state index in [1.807, 2.05) is 0 Å². The average Bonchev–Trinajstić information content (AvgIpc) is 3.12. The number of H-pyrrole nitrogens is 1. The number of fused-ring (bicyclic) bond motifs is 1. The van der Waals surface area contributed by atoms with Crippen molar-refractivity contribution in [1.82, 2.24) is 9.97 Å². The van der Waals surface area contributed by atoms with Crippen LogP contribution >= 0.6 is 11.6 Å². The van der Waals surface area contributed by atoms with Crippen LogP contribution in [-0.2, 0) is 11.2 Å². The van der Waals surface area contributed by atoms with Gasteiger partial charge in [-0.15, -0.1) is 0 Å². The number of pyridine rings is 1. The van der Waals surface area contributed by atoms with Gasteiger partial charge in [0.1, 0.15) is 11.5 Å². The van der Waals surface area contributed by atoms with Gasteiger partial charge in [-0.3, -0.25) is 9.59 Å². The van der Waals surface area contributed by atoms with Gasteiger partial charge in [0.2, 0.25) is 0 Å². The molecule has 0 radical (unpaired) electrons. The van der Waals surface area contributed by atoms with Crippen molar-refractivity contribution in [3.8, 4) is 0 Å². The molecule has 3 N–H and O–H groups in total. The molecule has 0 aliphatic heterocycles. The number of aliphatic carboxylic acids is 1. The lowest BCUT2D eigenvalue weighted by atomic mass is 10.0. The van der Waals surface area contributed by atoms with Gasteiger partial charge in [-0.2, -0.15) is 0 Å². The molecule has 6 nitrogen and oxygen atoms in total. The van der Waals surface area contributed by atoms with Crippen LogP contribution in [0.15, 0.2) is 60.9 Å². The van der Waals surface area contributed by atoms with Gasteiger partial charge in [0.05, 0.1) is 23.9 Å². The van der Waals surface area contributed by atoms with Gasteiger partial charge in [-0.05, 0) is 42.0 Å². The third-order valence-electron chi connectivity index (χ3n) is 4.55. The van der Waals surface area contributed by atoms with Gasteiger partial charge < -0.3 is 15.4 Å². The molecule has 0 unspecified atom stereocenters. The first-order valence-corrected chi connectivity index (χ1v) is 9.33. The van der Waals surface area contributed by atoms with Crippen molar-refractivity contribution in [3.63, 3.8) is 0 Å². The molecule has 0 fully saturated rings. The number of carboxylic acid groups (broad SMARTS) is 1. The number of hydrogen-bond acceptors (Lipinski definition) is 4. The summed E-state index contributed by atoms with van der Waals surface area (Å²) in [6.07, 6.45) is 3.05. The second kappa shape index (κ2) is 7.96. The summed E-state index contributed by atoms with van der Waals surface area (Å²) < 4.78 is 14.2. The first kappa shape index (κ1) is 19.6. The van der Waals surface area contributed by atoms with Crippen molar-refractivity contribution in [2.45, 2.75) is 6.42 Å². The number of halogens is 2. The minimum absolute atomic E-state index is 0.0517. The Kier molecular flexibility index (Phi) is 5.20. The number of carbonyl (C=O) groups excluding carboxylic acids is 1. The molecule has 2 heterocycles. The molecule has 2 aromatic carbocycles. The van der Waals surface area contributed by atoms with Crippen molar-refractivity contribution in [3.05, 3.63) is 88.5 Å². The van der Waals surface area contributed by atoms with Gasteiger partial charge in [-0.25, -0.2) is 9.37 Å². The standard InChI is InChI=1S/C22H15ClFN3O3/c23-13-3-6-16(19(24)8-13)21(30)18-11-26-22-17(18)9-15(10-25-22)27-14-4-1-12(2-5-14)7-20(28)29/h1-6,8-11,27H,7H2,(H,25,26)(H,28,29). The van der Waals surface area contributed by atoms with Crippen LogP contribution in [0.25, 0.3) is 11.0 Å². The van der Waals surface area contributed by atoms with E-state index < -0.39 is 17.6 Å². The quantitative estimate of drug-likeness (QED) is 0.381. The maximum absolute atomic E-state index is 14.2. The highest BCUT2D eigenvalue weighted by Crippen LogP contribution is 2.26. The number of carbonyl (C=O) groups is 2. The Morgan fingerprint density at radius 1 is 1.07 bits per heavy atom. The maximum atomic E-state index is 14.2. The Morgan fingerprint density at radius 2 is 1.83 bits per heavy atom. The zero-order valence-electron chi connectivity index (χ0n) is 15.4. The van der Waals surface area contributed by atoms with Crippen LogP contribution in [0.2, 0.25) is 5.02 Å². The number of rotatable bonds is 6. The Labute approximate surface area is 175 Å². The third kappa shape index (κ3) is 4.01. The van der Waals surface area contributed by atoms with E-state index in [2.05, 4.69) is 15.3 Å². The van der Waals surface area contributed by atoms with Crippen molar-refractivity contribution in [1.29, 1.82) is 0 Å². The number of nitrogens with zero attached hydrogens (tertiary/aromatic N) is 1. The van der Waals surface area contributed by atoms with Crippen LogP contribution < -0.4 is 5.32 Å². The number of hydrogen-bond donors (Lipinski definition) is 3. The molecular formula is C22H15ClFN3O3. The number of aromatic nitrogens is 2. The van der Waals surface area contributed by atoms with E-state index in [-0.39, 0.29) is 17.0 Å². The summed E-state index contributed by atoms with van der Waals surface area (Å²) in [6, 6.07) is 12.6. The number of nitrogens with one attached hydrogen (secondary N) is 2. The molecule has 0 aliphatic rings. The molecule has 30 heavy (non-hydrogen) atoms. The molecule has 8 heteroatoms. The lowest BCUT2D eigenvalue weighted by molar-refractivity contribution is -0.136. The molecule has 0 atom stereocenters. The molecule has 0 saturated heterocycles. The predicted molar refractivity (Wildman–Crippen MR) is 112 cm³/mol. The van der Waals surface area contributed by atoms with E-state index in [0.29, 0.717) is 27.8 Å². The summed E-state index contributed by atoms with van der Waals surface area (Å²) in [5.41, 5.74) is 2.75. The molecule has 0 spiro atoms. The summed E-state index contributed by atoms with van der Waals surface area (Å²) >= 11 is 5.77. The third-order valence-corrected chi connectivity index (χ3v) is 4.78. The molecule has 2 aromatic heterocycles. The maximum Gasteiger partial charge on any atom is 0.307 e. The van der Waals surface area contributed by atoms with Crippen LogP contribution in [0.1, 0.15) is 21.5 Å². The van der Waals surface area contributed by atoms with E-state index >= 15 is 0 Å².